The lowest BCUT2D eigenvalue weighted by atomic mass is 9.97. The van der Waals surface area contributed by atoms with Crippen LogP contribution in [0.5, 0.6) is 5.75 Å². The maximum atomic E-state index is 12.0. The number of amides is 1. The van der Waals surface area contributed by atoms with Crippen molar-refractivity contribution in [2.75, 3.05) is 44.8 Å². The van der Waals surface area contributed by atoms with Gasteiger partial charge in [0.1, 0.15) is 5.75 Å². The molecule has 0 unspecified atom stereocenters. The predicted octanol–water partition coefficient (Wildman–Crippen LogP) is 5.22. The molecule has 0 aromatic heterocycles. The van der Waals surface area contributed by atoms with E-state index in [4.69, 9.17) is 9.47 Å². The molecule has 0 saturated carbocycles. The molecule has 1 amide bonds. The molecule has 0 radical (unpaired) electrons. The van der Waals surface area contributed by atoms with E-state index in [2.05, 4.69) is 23.2 Å². The average molecular weight is 495 g/mol. The number of hydrogen-bond donors (Lipinski definition) is 0. The zero-order valence-corrected chi connectivity index (χ0v) is 21.4. The van der Waals surface area contributed by atoms with Gasteiger partial charge < -0.3 is 19.3 Å². The van der Waals surface area contributed by atoms with Gasteiger partial charge in [0.15, 0.2) is 6.19 Å². The number of carbonyl (C=O) groups is 1. The lowest BCUT2D eigenvalue weighted by molar-refractivity contribution is 0.0666. The predicted molar refractivity (Wildman–Crippen MR) is 138 cm³/mol. The molecule has 2 aromatic carbocycles. The number of methoxy groups -OCH3 is 1. The van der Waals surface area contributed by atoms with Crippen LogP contribution in [0.2, 0.25) is 0 Å². The van der Waals surface area contributed by atoms with Crippen molar-refractivity contribution < 1.29 is 14.3 Å². The van der Waals surface area contributed by atoms with Gasteiger partial charge in [-0.1, -0.05) is 11.8 Å². The number of likely N-dealkylation sites (tertiary alicyclic amines) is 2. The minimum atomic E-state index is -0.192. The number of anilines is 1. The number of nitrogens with zero attached hydrogens (tertiary/aromatic N) is 4. The largest absolute Gasteiger partial charge is 0.497 e. The number of nitriles is 1. The Hall–Kier alpha value is -2.89. The molecule has 2 aliphatic heterocycles. The first-order chi connectivity index (χ1) is 17.1. The number of carbonyl (C=O) groups excluding carboxylic acids is 1. The highest BCUT2D eigenvalue weighted by Crippen LogP contribution is 2.32. The fraction of sp³-hybridized carbons (Fsp3) is 0.481. The van der Waals surface area contributed by atoms with E-state index in [1.54, 1.807) is 18.9 Å². The van der Waals surface area contributed by atoms with Crippen LogP contribution in [0.3, 0.4) is 0 Å². The quantitative estimate of drug-likeness (QED) is 0.386. The van der Waals surface area contributed by atoms with E-state index in [-0.39, 0.29) is 12.1 Å². The van der Waals surface area contributed by atoms with Crippen LogP contribution >= 0.6 is 11.8 Å². The van der Waals surface area contributed by atoms with Gasteiger partial charge in [0.05, 0.1) is 19.4 Å². The molecule has 0 bridgehead atoms. The zero-order chi connectivity index (χ0) is 24.6. The second-order valence-electron chi connectivity index (χ2n) is 8.93. The van der Waals surface area contributed by atoms with Crippen LogP contribution in [0.15, 0.2) is 58.3 Å². The summed E-state index contributed by atoms with van der Waals surface area (Å²) in [6.07, 6.45) is 6.14. The molecule has 2 heterocycles. The Morgan fingerprint density at radius 3 is 2.14 bits per heavy atom. The third-order valence-electron chi connectivity index (χ3n) is 6.89. The molecule has 2 aromatic rings. The van der Waals surface area contributed by atoms with E-state index >= 15 is 0 Å². The first-order valence-corrected chi connectivity index (χ1v) is 13.2. The maximum absolute atomic E-state index is 12.0. The van der Waals surface area contributed by atoms with Gasteiger partial charge in [-0.2, -0.15) is 5.26 Å². The van der Waals surface area contributed by atoms with Crippen molar-refractivity contribution >= 4 is 23.5 Å². The summed E-state index contributed by atoms with van der Waals surface area (Å²) in [7, 11) is 1.67. The van der Waals surface area contributed by atoms with Crippen LogP contribution in [0.4, 0.5) is 10.5 Å². The lowest BCUT2D eigenvalue weighted by Crippen LogP contribution is -2.51. The molecule has 0 aliphatic carbocycles. The highest BCUT2D eigenvalue weighted by atomic mass is 32.2. The Bertz CT molecular complexity index is 993. The summed E-state index contributed by atoms with van der Waals surface area (Å²) in [4.78, 5) is 20.5. The summed E-state index contributed by atoms with van der Waals surface area (Å²) >= 11 is 1.69. The van der Waals surface area contributed by atoms with E-state index in [0.717, 1.165) is 73.1 Å². The molecule has 8 heteroatoms. The lowest BCUT2D eigenvalue weighted by Gasteiger charge is -2.42. The molecular formula is C27H34N4O3S. The molecule has 2 fully saturated rings. The topological polar surface area (TPSA) is 69.0 Å². The third-order valence-corrected chi connectivity index (χ3v) is 7.90. The van der Waals surface area contributed by atoms with Crippen molar-refractivity contribution in [3.05, 3.63) is 48.5 Å². The Balaban J connectivity index is 1.28. The minimum Gasteiger partial charge on any atom is -0.497 e. The highest BCUT2D eigenvalue weighted by molar-refractivity contribution is 7.99. The van der Waals surface area contributed by atoms with Gasteiger partial charge in [-0.05, 0) is 81.1 Å². The monoisotopic (exact) mass is 494 g/mol. The van der Waals surface area contributed by atoms with E-state index in [0.29, 0.717) is 12.6 Å². The molecule has 2 saturated heterocycles. The average Bonchev–Trinajstić information content (AvgIpc) is 2.91. The van der Waals surface area contributed by atoms with Crippen molar-refractivity contribution in [2.45, 2.75) is 54.5 Å². The number of hydrogen-bond acceptors (Lipinski definition) is 7. The molecule has 0 atom stereocenters. The summed E-state index contributed by atoms with van der Waals surface area (Å²) in [5.74, 6) is 0.850. The van der Waals surface area contributed by atoms with E-state index in [9.17, 15) is 10.1 Å². The molecule has 0 spiro atoms. The second kappa shape index (κ2) is 12.2. The molecule has 35 heavy (non-hydrogen) atoms. The van der Waals surface area contributed by atoms with Crippen molar-refractivity contribution in [1.29, 1.82) is 5.26 Å². The number of benzene rings is 2. The van der Waals surface area contributed by atoms with Crippen LogP contribution in [0.25, 0.3) is 0 Å². The van der Waals surface area contributed by atoms with Crippen molar-refractivity contribution in [3.8, 4) is 11.9 Å². The van der Waals surface area contributed by atoms with Gasteiger partial charge in [-0.3, -0.25) is 4.90 Å². The third kappa shape index (κ3) is 6.41. The molecule has 0 N–H and O–H groups in total. The minimum absolute atomic E-state index is 0.192. The molecule has 4 rings (SSSR count). The summed E-state index contributed by atoms with van der Waals surface area (Å²) in [6, 6.07) is 17.0. The smallest absolute Gasteiger partial charge is 0.409 e. The van der Waals surface area contributed by atoms with Gasteiger partial charge in [-0.15, -0.1) is 0 Å². The fourth-order valence-electron chi connectivity index (χ4n) is 4.94. The SMILES string of the molecule is CCOC(=O)N1CCC(N2CCC(N(C#N)c3ccc(Sc4ccc(OC)cc4)cc3)CC2)CC1. The summed E-state index contributed by atoms with van der Waals surface area (Å²) in [6.45, 7) is 5.75. The van der Waals surface area contributed by atoms with Crippen LogP contribution in [-0.2, 0) is 4.74 Å². The Labute approximate surface area is 212 Å². The standard InChI is InChI=1S/C27H34N4O3S/c1-3-34-27(32)30-18-12-21(13-19-30)29-16-14-23(15-17-29)31(20-28)22-4-8-25(9-5-22)35-26-10-6-24(33-2)7-11-26/h4-11,21,23H,3,12-19H2,1-2H3. The van der Waals surface area contributed by atoms with Crippen molar-refractivity contribution in [3.63, 3.8) is 0 Å². The summed E-state index contributed by atoms with van der Waals surface area (Å²) < 4.78 is 10.4. The van der Waals surface area contributed by atoms with Gasteiger partial charge in [0, 0.05) is 48.1 Å². The zero-order valence-electron chi connectivity index (χ0n) is 20.6. The van der Waals surface area contributed by atoms with Crippen LogP contribution in [0, 0.1) is 11.5 Å². The normalized spacial score (nSPS) is 17.6. The first kappa shape index (κ1) is 25.2. The molecule has 186 valence electrons. The highest BCUT2D eigenvalue weighted by Gasteiger charge is 2.32. The Kier molecular flexibility index (Phi) is 8.78. The number of piperidine rings is 2. The van der Waals surface area contributed by atoms with Crippen molar-refractivity contribution in [2.24, 2.45) is 0 Å². The van der Waals surface area contributed by atoms with Gasteiger partial charge in [0.2, 0.25) is 0 Å². The van der Waals surface area contributed by atoms with Crippen LogP contribution in [0.1, 0.15) is 32.6 Å². The first-order valence-electron chi connectivity index (χ1n) is 12.4. The van der Waals surface area contributed by atoms with E-state index in [1.807, 2.05) is 53.1 Å². The molecule has 7 nitrogen and oxygen atoms in total. The summed E-state index contributed by atoms with van der Waals surface area (Å²) in [5.41, 5.74) is 0.952. The van der Waals surface area contributed by atoms with E-state index < -0.39 is 0 Å². The van der Waals surface area contributed by atoms with Gasteiger partial charge >= 0.3 is 6.09 Å². The van der Waals surface area contributed by atoms with Crippen molar-refractivity contribution in [1.82, 2.24) is 9.80 Å². The molecule has 2 aliphatic rings. The second-order valence-corrected chi connectivity index (χ2v) is 10.1. The van der Waals surface area contributed by atoms with E-state index in [1.165, 1.54) is 0 Å². The maximum Gasteiger partial charge on any atom is 0.409 e. The van der Waals surface area contributed by atoms with Crippen LogP contribution < -0.4 is 9.64 Å². The van der Waals surface area contributed by atoms with Gasteiger partial charge in [-0.25, -0.2) is 4.79 Å². The van der Waals surface area contributed by atoms with Gasteiger partial charge in [0.25, 0.3) is 0 Å². The summed E-state index contributed by atoms with van der Waals surface area (Å²) in [5, 5.41) is 9.92. The Morgan fingerprint density at radius 1 is 1.00 bits per heavy atom. The Morgan fingerprint density at radius 2 is 1.60 bits per heavy atom. The number of rotatable bonds is 7. The molecular weight excluding hydrogens is 460 g/mol. The fourth-order valence-corrected chi connectivity index (χ4v) is 5.76. The van der Waals surface area contributed by atoms with Crippen LogP contribution in [-0.4, -0.2) is 67.9 Å². The number of ether oxygens (including phenoxy) is 2.